The Hall–Kier alpha value is -3.22. The lowest BCUT2D eigenvalue weighted by Gasteiger charge is -2.45. The number of likely N-dealkylation sites (tertiary alicyclic amines) is 1. The van der Waals surface area contributed by atoms with E-state index in [1.165, 1.54) is 23.3 Å². The highest BCUT2D eigenvalue weighted by molar-refractivity contribution is 6.08. The number of imidazole rings is 1. The van der Waals surface area contributed by atoms with Crippen LogP contribution in [0.2, 0.25) is 0 Å². The third-order valence-electron chi connectivity index (χ3n) is 8.88. The molecule has 3 heterocycles. The SMILES string of the molecule is CNc1nc2ccc(C(=O)N3CCC4(CC3)CC(=O)C=C3N=C5CC(C(C)(C)C)CCC5=C34)cc2[nH]1. The summed E-state index contributed by atoms with van der Waals surface area (Å²) in [6.45, 7) is 8.26. The second-order valence-electron chi connectivity index (χ2n) is 12.0. The molecule has 1 atom stereocenters. The Morgan fingerprint density at radius 3 is 2.72 bits per heavy atom. The largest absolute Gasteiger partial charge is 0.359 e. The minimum absolute atomic E-state index is 0.0389. The molecule has 1 unspecified atom stereocenters. The zero-order valence-corrected chi connectivity index (χ0v) is 21.7. The lowest BCUT2D eigenvalue weighted by molar-refractivity contribution is -0.117. The van der Waals surface area contributed by atoms with Crippen molar-refractivity contribution in [2.45, 2.75) is 59.3 Å². The Labute approximate surface area is 212 Å². The summed E-state index contributed by atoms with van der Waals surface area (Å²) in [5, 5.41) is 3.00. The van der Waals surface area contributed by atoms with Gasteiger partial charge in [-0.15, -0.1) is 0 Å². The molecule has 2 aliphatic heterocycles. The maximum absolute atomic E-state index is 13.4. The number of carbonyl (C=O) groups excluding carboxylic acids is 2. The highest BCUT2D eigenvalue weighted by Crippen LogP contribution is 2.54. The standard InChI is InChI=1S/C29H35N5O2/c1-28(2,3)18-6-7-20-22(14-18)31-24-15-19(35)16-29(25(20)24)9-11-34(12-10-29)26(36)17-5-8-21-23(13-17)33-27(30-4)32-21/h5,8,13,15,18H,6-7,9-12,14,16H2,1-4H3,(H2,30,32,33). The van der Waals surface area contributed by atoms with Crippen molar-refractivity contribution in [3.05, 3.63) is 46.7 Å². The van der Waals surface area contributed by atoms with Gasteiger partial charge in [0.25, 0.3) is 5.91 Å². The smallest absolute Gasteiger partial charge is 0.253 e. The topological polar surface area (TPSA) is 90.4 Å². The molecule has 36 heavy (non-hydrogen) atoms. The van der Waals surface area contributed by atoms with Gasteiger partial charge in [-0.1, -0.05) is 20.8 Å². The van der Waals surface area contributed by atoms with Gasteiger partial charge in [-0.2, -0.15) is 0 Å². The number of benzene rings is 1. The molecule has 2 N–H and O–H groups in total. The maximum Gasteiger partial charge on any atom is 0.253 e. The molecular formula is C29H35N5O2. The van der Waals surface area contributed by atoms with Crippen LogP contribution in [0.1, 0.15) is 69.7 Å². The molecule has 7 nitrogen and oxygen atoms in total. The number of carbonyl (C=O) groups is 2. The van der Waals surface area contributed by atoms with E-state index in [4.69, 9.17) is 4.99 Å². The molecule has 1 aromatic heterocycles. The number of anilines is 1. The zero-order valence-electron chi connectivity index (χ0n) is 21.7. The van der Waals surface area contributed by atoms with Crippen LogP contribution in [0.25, 0.3) is 11.0 Å². The monoisotopic (exact) mass is 485 g/mol. The predicted molar refractivity (Wildman–Crippen MR) is 142 cm³/mol. The number of aromatic nitrogens is 2. The fourth-order valence-electron chi connectivity index (χ4n) is 6.73. The first-order valence-corrected chi connectivity index (χ1v) is 13.2. The van der Waals surface area contributed by atoms with Gasteiger partial charge in [0.1, 0.15) is 0 Å². The van der Waals surface area contributed by atoms with Crippen molar-refractivity contribution in [2.75, 3.05) is 25.5 Å². The van der Waals surface area contributed by atoms with Crippen molar-refractivity contribution in [3.63, 3.8) is 0 Å². The normalized spacial score (nSPS) is 23.5. The number of hydrogen-bond acceptors (Lipinski definition) is 5. The van der Waals surface area contributed by atoms with Crippen LogP contribution in [0.15, 0.2) is 46.1 Å². The first-order valence-electron chi connectivity index (χ1n) is 13.2. The van der Waals surface area contributed by atoms with E-state index < -0.39 is 0 Å². The average molecular weight is 486 g/mol. The fraction of sp³-hybridized carbons (Fsp3) is 0.517. The Morgan fingerprint density at radius 1 is 1.22 bits per heavy atom. The molecule has 7 heteroatoms. The van der Waals surface area contributed by atoms with Crippen molar-refractivity contribution in [1.29, 1.82) is 0 Å². The summed E-state index contributed by atoms with van der Waals surface area (Å²) < 4.78 is 0. The second-order valence-corrected chi connectivity index (χ2v) is 12.0. The van der Waals surface area contributed by atoms with Gasteiger partial charge < -0.3 is 15.2 Å². The van der Waals surface area contributed by atoms with Gasteiger partial charge in [-0.05, 0) is 72.8 Å². The Bertz CT molecular complexity index is 1360. The van der Waals surface area contributed by atoms with Crippen LogP contribution in [0.4, 0.5) is 5.95 Å². The van der Waals surface area contributed by atoms with E-state index in [9.17, 15) is 9.59 Å². The Kier molecular flexibility index (Phi) is 5.25. The summed E-state index contributed by atoms with van der Waals surface area (Å²) in [7, 11) is 1.81. The Morgan fingerprint density at radius 2 is 2.00 bits per heavy atom. The maximum atomic E-state index is 13.4. The van der Waals surface area contributed by atoms with Gasteiger partial charge in [-0.25, -0.2) is 4.98 Å². The number of fused-ring (bicyclic) bond motifs is 4. The summed E-state index contributed by atoms with van der Waals surface area (Å²) in [5.41, 5.74) is 7.27. The van der Waals surface area contributed by atoms with E-state index in [1.54, 1.807) is 6.08 Å². The van der Waals surface area contributed by atoms with Crippen LogP contribution in [0.3, 0.4) is 0 Å². The van der Waals surface area contributed by atoms with Gasteiger partial charge in [0.2, 0.25) is 5.95 Å². The van der Waals surface area contributed by atoms with Crippen LogP contribution in [-0.4, -0.2) is 52.4 Å². The number of aromatic amines is 1. The van der Waals surface area contributed by atoms with Crippen molar-refractivity contribution >= 4 is 34.4 Å². The van der Waals surface area contributed by atoms with Crippen molar-refractivity contribution in [2.24, 2.45) is 21.7 Å². The van der Waals surface area contributed by atoms with E-state index in [0.29, 0.717) is 36.9 Å². The molecule has 2 aliphatic carbocycles. The molecular weight excluding hydrogens is 450 g/mol. The van der Waals surface area contributed by atoms with E-state index >= 15 is 0 Å². The summed E-state index contributed by atoms with van der Waals surface area (Å²) >= 11 is 0. The molecule has 188 valence electrons. The highest BCUT2D eigenvalue weighted by Gasteiger charge is 2.48. The first-order chi connectivity index (χ1) is 17.2. The van der Waals surface area contributed by atoms with Gasteiger partial charge >= 0.3 is 0 Å². The van der Waals surface area contributed by atoms with Gasteiger partial charge in [0, 0.05) is 49.3 Å². The second kappa shape index (κ2) is 8.15. The van der Waals surface area contributed by atoms with Crippen LogP contribution >= 0.6 is 0 Å². The number of nitrogens with one attached hydrogen (secondary N) is 2. The molecule has 1 saturated carbocycles. The number of piperidine rings is 1. The van der Waals surface area contributed by atoms with Gasteiger partial charge in [0.05, 0.1) is 16.7 Å². The number of aliphatic imine (C=N–C) groups is 1. The molecule has 0 radical (unpaired) electrons. The van der Waals surface area contributed by atoms with Crippen LogP contribution in [0.5, 0.6) is 0 Å². The average Bonchev–Trinajstić information content (AvgIpc) is 3.43. The minimum atomic E-state index is -0.192. The summed E-state index contributed by atoms with van der Waals surface area (Å²) in [4.78, 5) is 40.9. The van der Waals surface area contributed by atoms with E-state index in [-0.39, 0.29) is 22.5 Å². The van der Waals surface area contributed by atoms with Crippen molar-refractivity contribution in [3.8, 4) is 0 Å². The van der Waals surface area contributed by atoms with E-state index in [0.717, 1.165) is 42.4 Å². The molecule has 0 bridgehead atoms. The summed E-state index contributed by atoms with van der Waals surface area (Å²) in [6, 6.07) is 5.63. The third-order valence-corrected chi connectivity index (χ3v) is 8.88. The number of hydrogen-bond donors (Lipinski definition) is 2. The number of H-pyrrole nitrogens is 1. The number of ketones is 1. The number of amides is 1. The van der Waals surface area contributed by atoms with Crippen molar-refractivity contribution < 1.29 is 9.59 Å². The number of nitrogens with zero attached hydrogens (tertiary/aromatic N) is 3. The van der Waals surface area contributed by atoms with Crippen LogP contribution in [0, 0.1) is 16.7 Å². The predicted octanol–water partition coefficient (Wildman–Crippen LogP) is 5.28. The summed E-state index contributed by atoms with van der Waals surface area (Å²) in [6.07, 6.45) is 7.15. The molecule has 6 rings (SSSR count). The number of allylic oxidation sites excluding steroid dienone is 3. The van der Waals surface area contributed by atoms with Crippen LogP contribution < -0.4 is 5.32 Å². The van der Waals surface area contributed by atoms with Gasteiger partial charge in [0.15, 0.2) is 5.78 Å². The fourth-order valence-corrected chi connectivity index (χ4v) is 6.73. The van der Waals surface area contributed by atoms with E-state index in [1.807, 2.05) is 30.1 Å². The zero-order chi connectivity index (χ0) is 25.2. The highest BCUT2D eigenvalue weighted by atomic mass is 16.2. The van der Waals surface area contributed by atoms with Gasteiger partial charge in [-0.3, -0.25) is 14.6 Å². The third kappa shape index (κ3) is 3.71. The molecule has 1 saturated heterocycles. The lowest BCUT2D eigenvalue weighted by atomic mass is 9.62. The van der Waals surface area contributed by atoms with Crippen molar-refractivity contribution in [1.82, 2.24) is 14.9 Å². The molecule has 2 fully saturated rings. The summed E-state index contributed by atoms with van der Waals surface area (Å²) in [5.74, 6) is 1.51. The van der Waals surface area contributed by atoms with Crippen LogP contribution in [-0.2, 0) is 4.79 Å². The molecule has 1 aromatic carbocycles. The lowest BCUT2D eigenvalue weighted by Crippen LogP contribution is -2.46. The quantitative estimate of drug-likeness (QED) is 0.605. The Balaban J connectivity index is 1.24. The molecule has 4 aliphatic rings. The minimum Gasteiger partial charge on any atom is -0.359 e. The number of rotatable bonds is 2. The first kappa shape index (κ1) is 23.2. The molecule has 1 spiro atoms. The molecule has 2 aromatic rings. The molecule has 1 amide bonds. The van der Waals surface area contributed by atoms with E-state index in [2.05, 4.69) is 36.1 Å².